The first-order valence-electron chi connectivity index (χ1n) is 7.53. The molecule has 0 aromatic carbocycles. The van der Waals surface area contributed by atoms with Gasteiger partial charge in [0.05, 0.1) is 5.92 Å². The Bertz CT molecular complexity index is 317. The van der Waals surface area contributed by atoms with Crippen molar-refractivity contribution in [2.24, 2.45) is 0 Å². The van der Waals surface area contributed by atoms with Gasteiger partial charge in [-0.2, -0.15) is 0 Å². The van der Waals surface area contributed by atoms with E-state index in [2.05, 4.69) is 21.9 Å². The minimum Gasteiger partial charge on any atom is -1.00 e. The molecular weight excluding hydrogens is 244 g/mol. The summed E-state index contributed by atoms with van der Waals surface area (Å²) in [6, 6.07) is 0.784. The van der Waals surface area contributed by atoms with Crippen molar-refractivity contribution in [3.8, 4) is 0 Å². The molecule has 0 bridgehead atoms. The molecular formula is C15H25ClN2. The van der Waals surface area contributed by atoms with Crippen molar-refractivity contribution in [2.45, 2.75) is 76.2 Å². The largest absolute Gasteiger partial charge is 1.00 e. The Hall–Kier alpha value is -0.500. The summed E-state index contributed by atoms with van der Waals surface area (Å²) in [7, 11) is 0. The minimum absolute atomic E-state index is 0. The lowest BCUT2D eigenvalue weighted by Crippen LogP contribution is -3.00. The molecule has 0 amide bonds. The lowest BCUT2D eigenvalue weighted by molar-refractivity contribution is -0.732. The predicted octanol–water partition coefficient (Wildman–Crippen LogP) is 0.859. The van der Waals surface area contributed by atoms with E-state index in [1.165, 1.54) is 70.0 Å². The first-order chi connectivity index (χ1) is 8.45. The van der Waals surface area contributed by atoms with Crippen LogP contribution in [-0.2, 0) is 0 Å². The van der Waals surface area contributed by atoms with Crippen molar-refractivity contribution in [2.75, 3.05) is 0 Å². The number of aromatic nitrogens is 2. The summed E-state index contributed by atoms with van der Waals surface area (Å²) < 4.78 is 2.58. The van der Waals surface area contributed by atoms with Crippen LogP contribution >= 0.6 is 0 Å². The second kappa shape index (κ2) is 6.60. The van der Waals surface area contributed by atoms with Crippen molar-refractivity contribution in [1.29, 1.82) is 0 Å². The third kappa shape index (κ3) is 2.90. The van der Waals surface area contributed by atoms with Crippen LogP contribution in [0.25, 0.3) is 0 Å². The maximum atomic E-state index is 3.54. The smallest absolute Gasteiger partial charge is 0.257 e. The molecule has 0 aliphatic heterocycles. The topological polar surface area (TPSA) is 19.7 Å². The highest BCUT2D eigenvalue weighted by atomic mass is 35.5. The molecule has 1 heterocycles. The van der Waals surface area contributed by atoms with Crippen molar-refractivity contribution < 1.29 is 17.0 Å². The second-order valence-corrected chi connectivity index (χ2v) is 5.88. The molecule has 0 radical (unpaired) electrons. The van der Waals surface area contributed by atoms with E-state index in [4.69, 9.17) is 0 Å². The highest BCUT2D eigenvalue weighted by molar-refractivity contribution is 4.92. The zero-order valence-electron chi connectivity index (χ0n) is 11.2. The van der Waals surface area contributed by atoms with Gasteiger partial charge in [-0.15, -0.1) is 0 Å². The number of nitrogens with zero attached hydrogens (tertiary/aromatic N) is 1. The Kier molecular flexibility index (Phi) is 5.11. The van der Waals surface area contributed by atoms with Gasteiger partial charge in [0.2, 0.25) is 0 Å². The molecule has 3 heteroatoms. The number of hydrogen-bond acceptors (Lipinski definition) is 0. The van der Waals surface area contributed by atoms with E-state index >= 15 is 0 Å². The third-order valence-electron chi connectivity index (χ3n) is 4.70. The van der Waals surface area contributed by atoms with Gasteiger partial charge in [-0.25, -0.2) is 9.55 Å². The number of H-pyrrole nitrogens is 1. The van der Waals surface area contributed by atoms with E-state index in [1.54, 1.807) is 0 Å². The molecule has 0 atom stereocenters. The zero-order chi connectivity index (χ0) is 11.5. The number of rotatable bonds is 2. The molecule has 0 unspecified atom stereocenters. The fourth-order valence-electron chi connectivity index (χ4n) is 3.74. The SMILES string of the molecule is [Cl-].c1c[n+](C2CCCCC2)c(C2CCCCC2)[nH]1. The van der Waals surface area contributed by atoms with E-state index < -0.39 is 0 Å². The average Bonchev–Trinajstić information content (AvgIpc) is 2.90. The first-order valence-corrected chi connectivity index (χ1v) is 7.53. The van der Waals surface area contributed by atoms with Crippen LogP contribution in [0.1, 0.15) is 82.0 Å². The summed E-state index contributed by atoms with van der Waals surface area (Å²) >= 11 is 0. The molecule has 2 nitrogen and oxygen atoms in total. The average molecular weight is 269 g/mol. The monoisotopic (exact) mass is 268 g/mol. The van der Waals surface area contributed by atoms with E-state index in [0.29, 0.717) is 0 Å². The fraction of sp³-hybridized carbons (Fsp3) is 0.800. The van der Waals surface area contributed by atoms with E-state index in [1.807, 2.05) is 0 Å². The van der Waals surface area contributed by atoms with Crippen LogP contribution in [0.4, 0.5) is 0 Å². The van der Waals surface area contributed by atoms with E-state index in [-0.39, 0.29) is 12.4 Å². The standard InChI is InChI=1S/C15H24N2.ClH/c1-3-7-13(8-4-1)15-16-11-12-17(15)14-9-5-2-6-10-14;/h11-14H,1-10H2;1H. The summed E-state index contributed by atoms with van der Waals surface area (Å²) in [5, 5.41) is 0. The van der Waals surface area contributed by atoms with Crippen molar-refractivity contribution in [1.82, 2.24) is 4.98 Å². The van der Waals surface area contributed by atoms with Gasteiger partial charge in [0.15, 0.2) is 0 Å². The lowest BCUT2D eigenvalue weighted by Gasteiger charge is -2.23. The number of halogens is 1. The molecule has 1 N–H and O–H groups in total. The number of imidazole rings is 1. The fourth-order valence-corrected chi connectivity index (χ4v) is 3.74. The van der Waals surface area contributed by atoms with E-state index in [9.17, 15) is 0 Å². The normalized spacial score (nSPS) is 22.7. The molecule has 0 spiro atoms. The summed E-state index contributed by atoms with van der Waals surface area (Å²) in [6.45, 7) is 0. The number of nitrogens with one attached hydrogen (secondary N) is 1. The summed E-state index contributed by atoms with van der Waals surface area (Å²) in [6.07, 6.45) is 18.6. The van der Waals surface area contributed by atoms with Gasteiger partial charge in [-0.3, -0.25) is 0 Å². The van der Waals surface area contributed by atoms with Crippen LogP contribution in [-0.4, -0.2) is 4.98 Å². The van der Waals surface area contributed by atoms with Gasteiger partial charge in [-0.1, -0.05) is 25.7 Å². The Morgan fingerprint density at radius 2 is 1.50 bits per heavy atom. The van der Waals surface area contributed by atoms with Crippen molar-refractivity contribution >= 4 is 0 Å². The molecule has 2 fully saturated rings. The summed E-state index contributed by atoms with van der Waals surface area (Å²) in [4.78, 5) is 3.54. The van der Waals surface area contributed by atoms with Crippen LogP contribution in [0.15, 0.2) is 12.4 Å². The van der Waals surface area contributed by atoms with Gasteiger partial charge in [0.25, 0.3) is 5.82 Å². The predicted molar refractivity (Wildman–Crippen MR) is 68.9 cm³/mol. The molecule has 1 aromatic heterocycles. The highest BCUT2D eigenvalue weighted by Crippen LogP contribution is 2.32. The maximum absolute atomic E-state index is 3.54. The molecule has 2 saturated carbocycles. The maximum Gasteiger partial charge on any atom is 0.257 e. The van der Waals surface area contributed by atoms with Gasteiger partial charge >= 0.3 is 0 Å². The van der Waals surface area contributed by atoms with Crippen LogP contribution in [0.5, 0.6) is 0 Å². The van der Waals surface area contributed by atoms with Crippen molar-refractivity contribution in [3.05, 3.63) is 18.2 Å². The molecule has 3 rings (SSSR count). The van der Waals surface area contributed by atoms with E-state index in [0.717, 1.165) is 12.0 Å². The zero-order valence-corrected chi connectivity index (χ0v) is 12.0. The van der Waals surface area contributed by atoms with Gasteiger partial charge in [0, 0.05) is 0 Å². The van der Waals surface area contributed by atoms with Crippen LogP contribution < -0.4 is 17.0 Å². The minimum atomic E-state index is 0. The van der Waals surface area contributed by atoms with Crippen molar-refractivity contribution in [3.63, 3.8) is 0 Å². The molecule has 0 saturated heterocycles. The summed E-state index contributed by atoms with van der Waals surface area (Å²) in [5.41, 5.74) is 0. The molecule has 102 valence electrons. The van der Waals surface area contributed by atoms with Gasteiger partial charge in [0.1, 0.15) is 18.4 Å². The molecule has 1 aromatic rings. The second-order valence-electron chi connectivity index (χ2n) is 5.88. The van der Waals surface area contributed by atoms with Gasteiger partial charge in [-0.05, 0) is 38.5 Å². The lowest BCUT2D eigenvalue weighted by atomic mass is 9.88. The number of hydrogen-bond donors (Lipinski definition) is 1. The Morgan fingerprint density at radius 1 is 0.889 bits per heavy atom. The Labute approximate surface area is 117 Å². The summed E-state index contributed by atoms with van der Waals surface area (Å²) in [5.74, 6) is 2.33. The Balaban J connectivity index is 0.00000120. The molecule has 2 aliphatic carbocycles. The van der Waals surface area contributed by atoms with Crippen LogP contribution in [0, 0.1) is 0 Å². The van der Waals surface area contributed by atoms with Gasteiger partial charge < -0.3 is 12.4 Å². The first kappa shape index (κ1) is 13.9. The highest BCUT2D eigenvalue weighted by Gasteiger charge is 2.29. The van der Waals surface area contributed by atoms with Crippen LogP contribution in [0.2, 0.25) is 0 Å². The number of aromatic amines is 1. The third-order valence-corrected chi connectivity index (χ3v) is 4.70. The Morgan fingerprint density at radius 3 is 2.17 bits per heavy atom. The molecule has 2 aliphatic rings. The van der Waals surface area contributed by atoms with Crippen LogP contribution in [0.3, 0.4) is 0 Å². The quantitative estimate of drug-likeness (QED) is 0.768. The molecule has 18 heavy (non-hydrogen) atoms.